The molecule has 0 amide bonds. The Morgan fingerprint density at radius 3 is 2.54 bits per heavy atom. The Labute approximate surface area is 156 Å². The largest absolute Gasteiger partial charge is 0.507 e. The van der Waals surface area contributed by atoms with Crippen LogP contribution in [0.2, 0.25) is 5.02 Å². The molecule has 1 heterocycles. The van der Waals surface area contributed by atoms with Crippen molar-refractivity contribution in [2.75, 3.05) is 0 Å². The fourth-order valence-electron chi connectivity index (χ4n) is 2.46. The highest BCUT2D eigenvalue weighted by molar-refractivity contribution is 6.31. The molecule has 0 fully saturated rings. The van der Waals surface area contributed by atoms with E-state index in [1.165, 1.54) is 36.4 Å². The number of phenolic OH excluding ortho intramolecular Hbond substituents is 1. The van der Waals surface area contributed by atoms with Crippen LogP contribution in [-0.4, -0.2) is 45.4 Å². The average molecular weight is 381 g/mol. The summed E-state index contributed by atoms with van der Waals surface area (Å²) in [7, 11) is 0. The summed E-state index contributed by atoms with van der Waals surface area (Å²) in [5.41, 5.74) is 0.261. The smallest absolute Gasteiger partial charge is 0.342 e. The zero-order valence-corrected chi connectivity index (χ0v) is 15.2. The van der Waals surface area contributed by atoms with Gasteiger partial charge in [0.2, 0.25) is 0 Å². The number of carbonyl (C=O) groups is 2. The van der Waals surface area contributed by atoms with E-state index in [2.05, 4.69) is 0 Å². The maximum Gasteiger partial charge on any atom is 0.342 e. The second-order valence-corrected chi connectivity index (χ2v) is 6.71. The molecule has 6 nitrogen and oxygen atoms in total. The number of hydrogen-bond acceptors (Lipinski definition) is 6. The lowest BCUT2D eigenvalue weighted by molar-refractivity contribution is -0.127. The van der Waals surface area contributed by atoms with Crippen LogP contribution in [0, 0.1) is 5.92 Å². The molecule has 0 bridgehead atoms. The number of aliphatic hydroxyl groups is 2. The van der Waals surface area contributed by atoms with E-state index in [0.29, 0.717) is 5.56 Å². The summed E-state index contributed by atoms with van der Waals surface area (Å²) in [6, 6.07) is 2.71. The lowest BCUT2D eigenvalue weighted by Crippen LogP contribution is -2.32. The Bertz CT molecular complexity index is 755. The number of cyclic esters (lactones) is 1. The Morgan fingerprint density at radius 2 is 1.85 bits per heavy atom. The van der Waals surface area contributed by atoms with Gasteiger partial charge in [-0.1, -0.05) is 36.8 Å². The summed E-state index contributed by atoms with van der Waals surface area (Å²) in [5, 5.41) is 30.2. The molecule has 0 aliphatic carbocycles. The summed E-state index contributed by atoms with van der Waals surface area (Å²) in [5.74, 6) is -2.01. The van der Waals surface area contributed by atoms with Gasteiger partial charge in [-0.15, -0.1) is 0 Å². The van der Waals surface area contributed by atoms with Gasteiger partial charge < -0.3 is 20.1 Å². The van der Waals surface area contributed by atoms with Gasteiger partial charge in [-0.2, -0.15) is 0 Å². The first-order chi connectivity index (χ1) is 12.2. The summed E-state index contributed by atoms with van der Waals surface area (Å²) in [6.45, 7) is 3.38. The number of phenols is 1. The molecular weight excluding hydrogens is 360 g/mol. The van der Waals surface area contributed by atoms with E-state index in [-0.39, 0.29) is 28.7 Å². The van der Waals surface area contributed by atoms with Crippen LogP contribution in [0.25, 0.3) is 6.08 Å². The molecule has 0 saturated heterocycles. The van der Waals surface area contributed by atoms with Crippen molar-refractivity contribution in [1.29, 1.82) is 0 Å². The molecule has 3 N–H and O–H groups in total. The lowest BCUT2D eigenvalue weighted by Gasteiger charge is -2.20. The number of aliphatic hydroxyl groups excluding tert-OH is 2. The van der Waals surface area contributed by atoms with E-state index in [4.69, 9.17) is 16.3 Å². The molecule has 1 aliphatic heterocycles. The minimum Gasteiger partial charge on any atom is -0.507 e. The minimum absolute atomic E-state index is 0.0333. The van der Waals surface area contributed by atoms with Crippen LogP contribution in [0.1, 0.15) is 36.2 Å². The zero-order chi connectivity index (χ0) is 19.4. The van der Waals surface area contributed by atoms with Gasteiger partial charge in [0, 0.05) is 10.9 Å². The molecule has 0 radical (unpaired) electrons. The van der Waals surface area contributed by atoms with Gasteiger partial charge in [0.25, 0.3) is 0 Å². The molecule has 1 aromatic rings. The van der Waals surface area contributed by atoms with Crippen molar-refractivity contribution in [2.24, 2.45) is 5.92 Å². The van der Waals surface area contributed by atoms with Gasteiger partial charge >= 0.3 is 5.97 Å². The first-order valence-electron chi connectivity index (χ1n) is 8.19. The van der Waals surface area contributed by atoms with E-state index >= 15 is 0 Å². The molecule has 0 aromatic heterocycles. The number of hydrogen-bond donors (Lipinski definition) is 3. The SMILES string of the molecule is C[C@@H]1OC(=O)c2c(O)cc(Cl)cc2/C=C/C[C@H](O)[C@H](O)C(=O)/C=C\[C@@H]1C. The fourth-order valence-corrected chi connectivity index (χ4v) is 2.68. The normalized spacial score (nSPS) is 30.0. The van der Waals surface area contributed by atoms with Crippen LogP contribution < -0.4 is 0 Å². The zero-order valence-electron chi connectivity index (χ0n) is 14.4. The first-order valence-corrected chi connectivity index (χ1v) is 8.56. The number of ether oxygens (including phenoxy) is 1. The topological polar surface area (TPSA) is 104 Å². The van der Waals surface area contributed by atoms with Crippen LogP contribution in [0.5, 0.6) is 5.75 Å². The van der Waals surface area contributed by atoms with Crippen LogP contribution in [-0.2, 0) is 9.53 Å². The quantitative estimate of drug-likeness (QED) is 0.597. The predicted octanol–water partition coefficient (Wildman–Crippen LogP) is 2.49. The number of fused-ring (bicyclic) bond motifs is 1. The summed E-state index contributed by atoms with van der Waals surface area (Å²) in [4.78, 5) is 24.4. The average Bonchev–Trinajstić information content (AvgIpc) is 2.56. The number of ketones is 1. The maximum atomic E-state index is 12.5. The first kappa shape index (κ1) is 20.2. The van der Waals surface area contributed by atoms with E-state index in [1.807, 2.05) is 0 Å². The standard InChI is InChI=1S/C19H21ClO6/c1-10-6-7-15(22)18(24)14(21)5-3-4-12-8-13(20)9-16(23)17(12)19(25)26-11(10)2/h3-4,6-11,14,18,21,23-24H,5H2,1-2H3/b4-3+,7-6-/t10-,11-,14-,18-/m0/s1. The van der Waals surface area contributed by atoms with Crippen molar-refractivity contribution in [1.82, 2.24) is 0 Å². The highest BCUT2D eigenvalue weighted by Crippen LogP contribution is 2.29. The van der Waals surface area contributed by atoms with E-state index in [0.717, 1.165) is 0 Å². The van der Waals surface area contributed by atoms with Gasteiger partial charge in [-0.3, -0.25) is 4.79 Å². The number of benzene rings is 1. The molecule has 26 heavy (non-hydrogen) atoms. The van der Waals surface area contributed by atoms with Crippen LogP contribution in [0.4, 0.5) is 0 Å². The highest BCUT2D eigenvalue weighted by atomic mass is 35.5. The number of halogens is 1. The van der Waals surface area contributed by atoms with Crippen LogP contribution in [0.15, 0.2) is 30.4 Å². The predicted molar refractivity (Wildman–Crippen MR) is 97.0 cm³/mol. The van der Waals surface area contributed by atoms with E-state index in [9.17, 15) is 24.9 Å². The van der Waals surface area contributed by atoms with Crippen molar-refractivity contribution >= 4 is 29.4 Å². The molecule has 0 saturated carbocycles. The fraction of sp³-hybridized carbons (Fsp3) is 0.368. The Balaban J connectivity index is 2.48. The monoisotopic (exact) mass is 380 g/mol. The van der Waals surface area contributed by atoms with Crippen molar-refractivity contribution in [2.45, 2.75) is 38.6 Å². The number of aromatic hydroxyl groups is 1. The molecule has 140 valence electrons. The molecule has 1 aliphatic rings. The second kappa shape index (κ2) is 8.49. The molecule has 2 rings (SSSR count). The molecule has 0 spiro atoms. The highest BCUT2D eigenvalue weighted by Gasteiger charge is 2.25. The maximum absolute atomic E-state index is 12.5. The Morgan fingerprint density at radius 1 is 1.15 bits per heavy atom. The van der Waals surface area contributed by atoms with E-state index in [1.54, 1.807) is 13.8 Å². The molecular formula is C19H21ClO6. The van der Waals surface area contributed by atoms with Crippen molar-refractivity contribution < 1.29 is 29.6 Å². The van der Waals surface area contributed by atoms with Crippen molar-refractivity contribution in [3.8, 4) is 5.75 Å². The number of carbonyl (C=O) groups excluding carboxylic acids is 2. The molecule has 1 aromatic carbocycles. The van der Waals surface area contributed by atoms with Crippen LogP contribution in [0.3, 0.4) is 0 Å². The Hall–Kier alpha value is -2.15. The third-order valence-electron chi connectivity index (χ3n) is 4.25. The molecule has 0 unspecified atom stereocenters. The van der Waals surface area contributed by atoms with E-state index < -0.39 is 30.1 Å². The summed E-state index contributed by atoms with van der Waals surface area (Å²) in [6.07, 6.45) is 2.13. The van der Waals surface area contributed by atoms with Gasteiger partial charge in [-0.05, 0) is 37.1 Å². The van der Waals surface area contributed by atoms with Crippen LogP contribution >= 0.6 is 11.6 Å². The van der Waals surface area contributed by atoms with Gasteiger partial charge in [0.05, 0.1) is 6.10 Å². The van der Waals surface area contributed by atoms with Gasteiger partial charge in [-0.25, -0.2) is 4.79 Å². The Kier molecular flexibility index (Phi) is 6.58. The lowest BCUT2D eigenvalue weighted by atomic mass is 10.00. The summed E-state index contributed by atoms with van der Waals surface area (Å²) >= 11 is 5.94. The van der Waals surface area contributed by atoms with Crippen molar-refractivity contribution in [3.63, 3.8) is 0 Å². The third-order valence-corrected chi connectivity index (χ3v) is 4.46. The third kappa shape index (κ3) is 4.72. The number of rotatable bonds is 0. The summed E-state index contributed by atoms with van der Waals surface area (Å²) < 4.78 is 5.39. The number of esters is 1. The minimum atomic E-state index is -1.56. The van der Waals surface area contributed by atoms with Gasteiger partial charge in [0.1, 0.15) is 23.5 Å². The van der Waals surface area contributed by atoms with Gasteiger partial charge in [0.15, 0.2) is 5.78 Å². The van der Waals surface area contributed by atoms with Crippen molar-refractivity contribution in [3.05, 3.63) is 46.5 Å². The molecule has 4 atom stereocenters. The molecule has 7 heteroatoms. The second-order valence-electron chi connectivity index (χ2n) is 6.27.